The number of benzene rings is 2. The predicted molar refractivity (Wildman–Crippen MR) is 101 cm³/mol. The van der Waals surface area contributed by atoms with E-state index in [1.165, 1.54) is 0 Å². The molecule has 0 aliphatic rings. The molecule has 4 nitrogen and oxygen atoms in total. The Labute approximate surface area is 149 Å². The number of carbonyl (C=O) groups is 2. The summed E-state index contributed by atoms with van der Waals surface area (Å²) >= 11 is 0. The van der Waals surface area contributed by atoms with Crippen LogP contribution in [0.3, 0.4) is 0 Å². The van der Waals surface area contributed by atoms with Gasteiger partial charge in [-0.15, -0.1) is 0 Å². The van der Waals surface area contributed by atoms with Gasteiger partial charge in [-0.25, -0.2) is 0 Å². The summed E-state index contributed by atoms with van der Waals surface area (Å²) in [6.45, 7) is 7.17. The molecule has 0 spiro atoms. The number of amides is 2. The summed E-state index contributed by atoms with van der Waals surface area (Å²) in [5.74, 6) is -0.132. The van der Waals surface area contributed by atoms with Crippen molar-refractivity contribution in [3.63, 3.8) is 0 Å². The maximum absolute atomic E-state index is 12.5. The minimum Gasteiger partial charge on any atom is -0.338 e. The molecule has 0 saturated carbocycles. The van der Waals surface area contributed by atoms with Crippen molar-refractivity contribution < 1.29 is 9.59 Å². The van der Waals surface area contributed by atoms with Crippen molar-refractivity contribution in [3.05, 3.63) is 65.7 Å². The van der Waals surface area contributed by atoms with Gasteiger partial charge in [-0.1, -0.05) is 62.4 Å². The van der Waals surface area contributed by atoms with Crippen LogP contribution in [-0.2, 0) is 16.1 Å². The van der Waals surface area contributed by atoms with Crippen LogP contribution in [0.2, 0.25) is 0 Å². The molecule has 2 amide bonds. The lowest BCUT2D eigenvalue weighted by molar-refractivity contribution is -0.134. The molecular formula is C21H26N2O2. The summed E-state index contributed by atoms with van der Waals surface area (Å²) in [6, 6.07) is 17.5. The highest BCUT2D eigenvalue weighted by Crippen LogP contribution is 2.23. The number of nitrogens with zero attached hydrogens (tertiary/aromatic N) is 1. The number of para-hydroxylation sites is 1. The van der Waals surface area contributed by atoms with Crippen LogP contribution in [-0.4, -0.2) is 23.3 Å². The van der Waals surface area contributed by atoms with Gasteiger partial charge >= 0.3 is 0 Å². The monoisotopic (exact) mass is 338 g/mol. The standard InChI is InChI=1S/C21H26N2O2/c1-4-23(15-17-10-6-5-7-11-17)21(25)14-20(24)22-19-13-9-8-12-18(19)16(2)3/h5-13,16H,4,14-15H2,1-3H3,(H,22,24). The molecule has 0 aromatic heterocycles. The molecule has 0 fully saturated rings. The first-order chi connectivity index (χ1) is 12.0. The molecule has 0 aliphatic heterocycles. The van der Waals surface area contributed by atoms with Crippen LogP contribution in [0.15, 0.2) is 54.6 Å². The molecule has 1 N–H and O–H groups in total. The molecule has 0 atom stereocenters. The van der Waals surface area contributed by atoms with E-state index >= 15 is 0 Å². The third kappa shape index (κ3) is 5.45. The number of anilines is 1. The van der Waals surface area contributed by atoms with Crippen LogP contribution in [0.4, 0.5) is 5.69 Å². The van der Waals surface area contributed by atoms with Crippen molar-refractivity contribution >= 4 is 17.5 Å². The van der Waals surface area contributed by atoms with E-state index in [0.717, 1.165) is 16.8 Å². The molecule has 25 heavy (non-hydrogen) atoms. The van der Waals surface area contributed by atoms with Crippen molar-refractivity contribution in [2.45, 2.75) is 39.7 Å². The third-order valence-corrected chi connectivity index (χ3v) is 4.12. The van der Waals surface area contributed by atoms with Crippen LogP contribution < -0.4 is 5.32 Å². The highest BCUT2D eigenvalue weighted by atomic mass is 16.2. The first-order valence-electron chi connectivity index (χ1n) is 8.71. The van der Waals surface area contributed by atoms with E-state index in [-0.39, 0.29) is 18.2 Å². The summed E-state index contributed by atoms with van der Waals surface area (Å²) in [5.41, 5.74) is 2.91. The summed E-state index contributed by atoms with van der Waals surface area (Å²) < 4.78 is 0. The molecule has 2 aromatic rings. The highest BCUT2D eigenvalue weighted by molar-refractivity contribution is 6.03. The van der Waals surface area contributed by atoms with E-state index in [1.54, 1.807) is 4.90 Å². The highest BCUT2D eigenvalue weighted by Gasteiger charge is 2.17. The fourth-order valence-corrected chi connectivity index (χ4v) is 2.74. The zero-order valence-electron chi connectivity index (χ0n) is 15.2. The molecule has 132 valence electrons. The molecule has 0 aliphatic carbocycles. The second-order valence-electron chi connectivity index (χ2n) is 6.36. The lowest BCUT2D eigenvalue weighted by Crippen LogP contribution is -2.33. The van der Waals surface area contributed by atoms with Crippen LogP contribution in [0, 0.1) is 0 Å². The summed E-state index contributed by atoms with van der Waals surface area (Å²) in [7, 11) is 0. The Kier molecular flexibility index (Phi) is 6.75. The molecule has 0 bridgehead atoms. The number of carbonyl (C=O) groups excluding carboxylic acids is 2. The van der Waals surface area contributed by atoms with Crippen molar-refractivity contribution in [2.75, 3.05) is 11.9 Å². The molecule has 2 rings (SSSR count). The Morgan fingerprint density at radius 2 is 1.64 bits per heavy atom. The van der Waals surface area contributed by atoms with Gasteiger partial charge in [0.05, 0.1) is 0 Å². The Morgan fingerprint density at radius 1 is 1.00 bits per heavy atom. The van der Waals surface area contributed by atoms with Gasteiger partial charge in [-0.05, 0) is 30.0 Å². The fourth-order valence-electron chi connectivity index (χ4n) is 2.74. The predicted octanol–water partition coefficient (Wildman–Crippen LogP) is 4.19. The number of nitrogens with one attached hydrogen (secondary N) is 1. The molecule has 4 heteroatoms. The number of hydrogen-bond donors (Lipinski definition) is 1. The SMILES string of the molecule is CCN(Cc1ccccc1)C(=O)CC(=O)Nc1ccccc1C(C)C. The Hall–Kier alpha value is -2.62. The van der Waals surface area contributed by atoms with Crippen molar-refractivity contribution in [1.82, 2.24) is 4.90 Å². The molecular weight excluding hydrogens is 312 g/mol. The van der Waals surface area contributed by atoms with Gasteiger partial charge in [0, 0.05) is 18.8 Å². The summed E-state index contributed by atoms with van der Waals surface area (Å²) in [5, 5.41) is 2.88. The third-order valence-electron chi connectivity index (χ3n) is 4.12. The lowest BCUT2D eigenvalue weighted by atomic mass is 10.0. The van der Waals surface area contributed by atoms with Gasteiger partial charge < -0.3 is 10.2 Å². The molecule has 2 aromatic carbocycles. The first-order valence-corrected chi connectivity index (χ1v) is 8.71. The maximum Gasteiger partial charge on any atom is 0.233 e. The van der Waals surface area contributed by atoms with E-state index in [9.17, 15) is 9.59 Å². The van der Waals surface area contributed by atoms with Gasteiger partial charge in [-0.3, -0.25) is 9.59 Å². The van der Waals surface area contributed by atoms with Gasteiger partial charge in [0.25, 0.3) is 0 Å². The number of rotatable bonds is 7. The largest absolute Gasteiger partial charge is 0.338 e. The van der Waals surface area contributed by atoms with E-state index in [1.807, 2.05) is 61.5 Å². The smallest absolute Gasteiger partial charge is 0.233 e. The van der Waals surface area contributed by atoms with Crippen LogP contribution in [0.1, 0.15) is 44.2 Å². The Balaban J connectivity index is 1.98. The minimum absolute atomic E-state index is 0.146. The molecule has 0 heterocycles. The summed E-state index contributed by atoms with van der Waals surface area (Å²) in [6.07, 6.45) is -0.146. The quantitative estimate of drug-likeness (QED) is 0.770. The molecule has 0 unspecified atom stereocenters. The van der Waals surface area contributed by atoms with Gasteiger partial charge in [-0.2, -0.15) is 0 Å². The second kappa shape index (κ2) is 9.02. The molecule has 0 saturated heterocycles. The van der Waals surface area contributed by atoms with Crippen molar-refractivity contribution in [2.24, 2.45) is 0 Å². The van der Waals surface area contributed by atoms with Gasteiger partial charge in [0.1, 0.15) is 6.42 Å². The van der Waals surface area contributed by atoms with E-state index in [0.29, 0.717) is 19.0 Å². The minimum atomic E-state index is -0.274. The van der Waals surface area contributed by atoms with Gasteiger partial charge in [0.2, 0.25) is 11.8 Å². The normalized spacial score (nSPS) is 10.6. The first kappa shape index (κ1) is 18.7. The van der Waals surface area contributed by atoms with E-state index < -0.39 is 0 Å². The maximum atomic E-state index is 12.5. The summed E-state index contributed by atoms with van der Waals surface area (Å²) in [4.78, 5) is 26.5. The Bertz CT molecular complexity index is 711. The van der Waals surface area contributed by atoms with Crippen LogP contribution in [0.5, 0.6) is 0 Å². The zero-order valence-corrected chi connectivity index (χ0v) is 15.2. The topological polar surface area (TPSA) is 49.4 Å². The van der Waals surface area contributed by atoms with E-state index in [4.69, 9.17) is 0 Å². The fraction of sp³-hybridized carbons (Fsp3) is 0.333. The Morgan fingerprint density at radius 3 is 2.28 bits per heavy atom. The number of hydrogen-bond acceptors (Lipinski definition) is 2. The average Bonchev–Trinajstić information content (AvgIpc) is 2.60. The average molecular weight is 338 g/mol. The zero-order chi connectivity index (χ0) is 18.2. The second-order valence-corrected chi connectivity index (χ2v) is 6.36. The van der Waals surface area contributed by atoms with Crippen molar-refractivity contribution in [1.29, 1.82) is 0 Å². The van der Waals surface area contributed by atoms with E-state index in [2.05, 4.69) is 19.2 Å². The van der Waals surface area contributed by atoms with Gasteiger partial charge in [0.15, 0.2) is 0 Å². The molecule has 0 radical (unpaired) electrons. The van der Waals surface area contributed by atoms with Crippen molar-refractivity contribution in [3.8, 4) is 0 Å². The lowest BCUT2D eigenvalue weighted by Gasteiger charge is -2.21. The van der Waals surface area contributed by atoms with Crippen LogP contribution >= 0.6 is 0 Å². The van der Waals surface area contributed by atoms with Crippen LogP contribution in [0.25, 0.3) is 0 Å².